The Kier molecular flexibility index (Phi) is 4.30. The van der Waals surface area contributed by atoms with Crippen LogP contribution in [0.4, 0.5) is 8.78 Å². The van der Waals surface area contributed by atoms with Crippen LogP contribution in [0, 0.1) is 0 Å². The van der Waals surface area contributed by atoms with E-state index < -0.39 is 12.0 Å². The predicted octanol–water partition coefficient (Wildman–Crippen LogP) is 2.98. The van der Waals surface area contributed by atoms with Gasteiger partial charge in [0, 0.05) is 26.1 Å². The van der Waals surface area contributed by atoms with E-state index in [0.29, 0.717) is 19.4 Å². The van der Waals surface area contributed by atoms with Crippen LogP contribution < -0.4 is 5.32 Å². The molecule has 1 saturated carbocycles. The van der Waals surface area contributed by atoms with Crippen LogP contribution in [0.15, 0.2) is 30.3 Å². The second-order valence-corrected chi connectivity index (χ2v) is 4.82. The third-order valence-corrected chi connectivity index (χ3v) is 3.52. The summed E-state index contributed by atoms with van der Waals surface area (Å²) in [6, 6.07) is 10.1. The summed E-state index contributed by atoms with van der Waals surface area (Å²) in [5.74, 6) is -2.68. The molecule has 2 rings (SSSR count). The molecule has 0 spiro atoms. The number of benzene rings is 1. The van der Waals surface area contributed by atoms with Crippen molar-refractivity contribution in [3.05, 3.63) is 35.9 Å². The maximum absolute atomic E-state index is 13.5. The molecule has 2 nitrogen and oxygen atoms in total. The molecular weight excluding hydrogens is 236 g/mol. The standard InChI is InChI=1S/C14H19F2NO/c1-18-13-9-12(7-8-14(13,15)16)17-10-11-5-3-2-4-6-11/h2-6,12-13,17H,7-10H2,1H3. The first-order valence-electron chi connectivity index (χ1n) is 6.30. The van der Waals surface area contributed by atoms with Gasteiger partial charge in [0.25, 0.3) is 5.92 Å². The number of ether oxygens (including phenoxy) is 1. The third kappa shape index (κ3) is 3.27. The molecule has 0 saturated heterocycles. The predicted molar refractivity (Wildman–Crippen MR) is 66.7 cm³/mol. The number of hydrogen-bond acceptors (Lipinski definition) is 2. The summed E-state index contributed by atoms with van der Waals surface area (Å²) < 4.78 is 31.8. The molecule has 0 radical (unpaired) electrons. The van der Waals surface area contributed by atoms with E-state index in [4.69, 9.17) is 4.74 Å². The van der Waals surface area contributed by atoms with Gasteiger partial charge in [-0.05, 0) is 18.4 Å². The molecule has 100 valence electrons. The lowest BCUT2D eigenvalue weighted by molar-refractivity contribution is -0.150. The van der Waals surface area contributed by atoms with Crippen molar-refractivity contribution >= 4 is 0 Å². The molecule has 1 aliphatic rings. The van der Waals surface area contributed by atoms with Gasteiger partial charge in [0.15, 0.2) is 0 Å². The Labute approximate surface area is 106 Å². The topological polar surface area (TPSA) is 21.3 Å². The first-order chi connectivity index (χ1) is 8.62. The van der Waals surface area contributed by atoms with Gasteiger partial charge in [-0.25, -0.2) is 8.78 Å². The van der Waals surface area contributed by atoms with Gasteiger partial charge in [-0.1, -0.05) is 30.3 Å². The number of rotatable bonds is 4. The van der Waals surface area contributed by atoms with E-state index in [1.165, 1.54) is 12.7 Å². The average Bonchev–Trinajstić information content (AvgIpc) is 2.38. The quantitative estimate of drug-likeness (QED) is 0.893. The number of hydrogen-bond donors (Lipinski definition) is 1. The normalized spacial score (nSPS) is 27.1. The van der Waals surface area contributed by atoms with Crippen LogP contribution in [0.5, 0.6) is 0 Å². The lowest BCUT2D eigenvalue weighted by atomic mass is 9.89. The van der Waals surface area contributed by atoms with Crippen LogP contribution in [0.25, 0.3) is 0 Å². The van der Waals surface area contributed by atoms with Gasteiger partial charge >= 0.3 is 0 Å². The van der Waals surface area contributed by atoms with Gasteiger partial charge in [-0.2, -0.15) is 0 Å². The molecule has 0 heterocycles. The third-order valence-electron chi connectivity index (χ3n) is 3.52. The number of nitrogens with one attached hydrogen (secondary N) is 1. The minimum absolute atomic E-state index is 0.0992. The number of alkyl halides is 2. The number of halogens is 2. The highest BCUT2D eigenvalue weighted by Crippen LogP contribution is 2.35. The fourth-order valence-corrected chi connectivity index (χ4v) is 2.39. The smallest absolute Gasteiger partial charge is 0.273 e. The maximum atomic E-state index is 13.5. The summed E-state index contributed by atoms with van der Waals surface area (Å²) in [4.78, 5) is 0. The Morgan fingerprint density at radius 3 is 2.72 bits per heavy atom. The van der Waals surface area contributed by atoms with Crippen molar-refractivity contribution in [3.63, 3.8) is 0 Å². The molecule has 2 unspecified atom stereocenters. The van der Waals surface area contributed by atoms with Crippen molar-refractivity contribution in [3.8, 4) is 0 Å². The highest BCUT2D eigenvalue weighted by Gasteiger charge is 2.44. The minimum atomic E-state index is -2.68. The lowest BCUT2D eigenvalue weighted by Crippen LogP contribution is -2.47. The van der Waals surface area contributed by atoms with Crippen LogP contribution in [-0.4, -0.2) is 25.2 Å². The zero-order valence-corrected chi connectivity index (χ0v) is 10.5. The highest BCUT2D eigenvalue weighted by atomic mass is 19.3. The second kappa shape index (κ2) is 5.76. The highest BCUT2D eigenvalue weighted by molar-refractivity contribution is 5.14. The van der Waals surface area contributed by atoms with Crippen molar-refractivity contribution in [2.45, 2.75) is 43.9 Å². The Morgan fingerprint density at radius 1 is 1.33 bits per heavy atom. The molecule has 1 aromatic rings. The summed E-state index contributed by atoms with van der Waals surface area (Å²) in [5, 5.41) is 3.33. The van der Waals surface area contributed by atoms with E-state index in [1.54, 1.807) is 0 Å². The Morgan fingerprint density at radius 2 is 2.06 bits per heavy atom. The largest absolute Gasteiger partial charge is 0.375 e. The fourth-order valence-electron chi connectivity index (χ4n) is 2.39. The molecule has 1 fully saturated rings. The zero-order valence-electron chi connectivity index (χ0n) is 10.5. The molecule has 1 N–H and O–H groups in total. The van der Waals surface area contributed by atoms with Crippen molar-refractivity contribution in [2.24, 2.45) is 0 Å². The molecule has 4 heteroatoms. The van der Waals surface area contributed by atoms with E-state index in [2.05, 4.69) is 5.32 Å². The molecule has 0 amide bonds. The van der Waals surface area contributed by atoms with Gasteiger partial charge in [0.05, 0.1) is 0 Å². The molecule has 1 aromatic carbocycles. The van der Waals surface area contributed by atoms with Crippen LogP contribution in [0.2, 0.25) is 0 Å². The Bertz CT molecular complexity index is 369. The van der Waals surface area contributed by atoms with Crippen LogP contribution >= 0.6 is 0 Å². The van der Waals surface area contributed by atoms with Gasteiger partial charge in [0.1, 0.15) is 6.10 Å². The summed E-state index contributed by atoms with van der Waals surface area (Å²) in [7, 11) is 1.36. The molecular formula is C14H19F2NO. The number of methoxy groups -OCH3 is 1. The zero-order chi connectivity index (χ0) is 13.0. The SMILES string of the molecule is COC1CC(NCc2ccccc2)CCC1(F)F. The summed E-state index contributed by atoms with van der Waals surface area (Å²) in [6.07, 6.45) is -0.187. The first kappa shape index (κ1) is 13.4. The van der Waals surface area contributed by atoms with E-state index in [-0.39, 0.29) is 12.5 Å². The van der Waals surface area contributed by atoms with Crippen molar-refractivity contribution in [1.82, 2.24) is 5.32 Å². The summed E-state index contributed by atoms with van der Waals surface area (Å²) in [6.45, 7) is 0.716. The molecule has 1 aliphatic carbocycles. The maximum Gasteiger partial charge on any atom is 0.273 e. The van der Waals surface area contributed by atoms with Crippen LogP contribution in [0.3, 0.4) is 0 Å². The molecule has 0 aliphatic heterocycles. The minimum Gasteiger partial charge on any atom is -0.375 e. The Hall–Kier alpha value is -1.00. The van der Waals surface area contributed by atoms with E-state index in [0.717, 1.165) is 0 Å². The van der Waals surface area contributed by atoms with E-state index >= 15 is 0 Å². The average molecular weight is 255 g/mol. The van der Waals surface area contributed by atoms with Gasteiger partial charge in [-0.3, -0.25) is 0 Å². The molecule has 2 atom stereocenters. The van der Waals surface area contributed by atoms with Crippen molar-refractivity contribution in [2.75, 3.05) is 7.11 Å². The monoisotopic (exact) mass is 255 g/mol. The lowest BCUT2D eigenvalue weighted by Gasteiger charge is -2.35. The van der Waals surface area contributed by atoms with Gasteiger partial charge in [0.2, 0.25) is 0 Å². The van der Waals surface area contributed by atoms with Gasteiger partial charge < -0.3 is 10.1 Å². The summed E-state index contributed by atoms with van der Waals surface area (Å²) >= 11 is 0. The van der Waals surface area contributed by atoms with Crippen molar-refractivity contribution in [1.29, 1.82) is 0 Å². The molecule has 0 bridgehead atoms. The van der Waals surface area contributed by atoms with Crippen LogP contribution in [0.1, 0.15) is 24.8 Å². The summed E-state index contributed by atoms with van der Waals surface area (Å²) in [5.41, 5.74) is 1.17. The fraction of sp³-hybridized carbons (Fsp3) is 0.571. The Balaban J connectivity index is 1.85. The first-order valence-corrected chi connectivity index (χ1v) is 6.30. The van der Waals surface area contributed by atoms with Crippen LogP contribution in [-0.2, 0) is 11.3 Å². The molecule has 0 aromatic heterocycles. The molecule has 18 heavy (non-hydrogen) atoms. The van der Waals surface area contributed by atoms with E-state index in [1.807, 2.05) is 30.3 Å². The van der Waals surface area contributed by atoms with Crippen molar-refractivity contribution < 1.29 is 13.5 Å². The van der Waals surface area contributed by atoms with Gasteiger partial charge in [-0.15, -0.1) is 0 Å². The van der Waals surface area contributed by atoms with E-state index in [9.17, 15) is 8.78 Å². The second-order valence-electron chi connectivity index (χ2n) is 4.82.